The highest BCUT2D eigenvalue weighted by atomic mass is 35.5. The molecule has 4 aromatic rings. The van der Waals surface area contributed by atoms with Crippen molar-refractivity contribution in [3.05, 3.63) is 65.3 Å². The molecule has 0 aliphatic carbocycles. The van der Waals surface area contributed by atoms with Crippen molar-refractivity contribution in [2.45, 2.75) is 0 Å². The van der Waals surface area contributed by atoms with Gasteiger partial charge in [0.2, 0.25) is 0 Å². The van der Waals surface area contributed by atoms with E-state index in [2.05, 4.69) is 44.4 Å². The van der Waals surface area contributed by atoms with Gasteiger partial charge in [-0.1, -0.05) is 29.8 Å². The fourth-order valence-electron chi connectivity index (χ4n) is 3.56. The van der Waals surface area contributed by atoms with Crippen LogP contribution in [0.5, 0.6) is 0 Å². The van der Waals surface area contributed by atoms with E-state index in [0.717, 1.165) is 53.9 Å². The molecular formula is C20H18ClN5S. The van der Waals surface area contributed by atoms with Crippen LogP contribution in [0.25, 0.3) is 16.1 Å². The average Bonchev–Trinajstić information content (AvgIpc) is 3.38. The lowest BCUT2D eigenvalue weighted by atomic mass is 10.2. The Bertz CT molecular complexity index is 1070. The third kappa shape index (κ3) is 3.05. The van der Waals surface area contributed by atoms with Gasteiger partial charge in [-0.3, -0.25) is 0 Å². The molecule has 3 aromatic heterocycles. The monoisotopic (exact) mass is 395 g/mol. The van der Waals surface area contributed by atoms with E-state index in [1.165, 1.54) is 4.88 Å². The van der Waals surface area contributed by atoms with Crippen LogP contribution < -0.4 is 9.80 Å². The van der Waals surface area contributed by atoms with E-state index in [1.807, 2.05) is 35.1 Å². The zero-order chi connectivity index (χ0) is 18.2. The SMILES string of the molecule is Clc1ccccc1N1CCN(c2nccn3nc(-c4cccs4)cc23)CC1. The summed E-state index contributed by atoms with van der Waals surface area (Å²) in [6, 6.07) is 14.3. The maximum absolute atomic E-state index is 6.36. The number of rotatable bonds is 3. The Hall–Kier alpha value is -2.57. The largest absolute Gasteiger partial charge is 0.367 e. The summed E-state index contributed by atoms with van der Waals surface area (Å²) in [6.07, 6.45) is 3.74. The van der Waals surface area contributed by atoms with Crippen LogP contribution in [0, 0.1) is 0 Å². The summed E-state index contributed by atoms with van der Waals surface area (Å²) in [5, 5.41) is 7.60. The number of piperazine rings is 1. The normalized spacial score (nSPS) is 14.9. The number of aromatic nitrogens is 3. The molecular weight excluding hydrogens is 378 g/mol. The molecule has 0 N–H and O–H groups in total. The van der Waals surface area contributed by atoms with Crippen LogP contribution in [0.2, 0.25) is 5.02 Å². The predicted octanol–water partition coefficient (Wildman–Crippen LogP) is 4.44. The lowest BCUT2D eigenvalue weighted by Crippen LogP contribution is -2.47. The number of hydrogen-bond donors (Lipinski definition) is 0. The molecule has 5 nitrogen and oxygen atoms in total. The maximum Gasteiger partial charge on any atom is 0.154 e. The zero-order valence-corrected chi connectivity index (χ0v) is 16.2. The van der Waals surface area contributed by atoms with Crippen molar-refractivity contribution in [3.8, 4) is 10.6 Å². The Balaban J connectivity index is 1.41. The minimum Gasteiger partial charge on any atom is -0.367 e. The van der Waals surface area contributed by atoms with Crippen LogP contribution in [0.3, 0.4) is 0 Å². The van der Waals surface area contributed by atoms with E-state index in [0.29, 0.717) is 0 Å². The van der Waals surface area contributed by atoms with Gasteiger partial charge >= 0.3 is 0 Å². The molecule has 0 spiro atoms. The zero-order valence-electron chi connectivity index (χ0n) is 14.6. The van der Waals surface area contributed by atoms with Crippen molar-refractivity contribution < 1.29 is 0 Å². The van der Waals surface area contributed by atoms with Gasteiger partial charge in [-0.2, -0.15) is 5.10 Å². The molecule has 27 heavy (non-hydrogen) atoms. The Morgan fingerprint density at radius 2 is 1.78 bits per heavy atom. The standard InChI is InChI=1S/C20H18ClN5S/c21-15-4-1-2-5-17(15)24-9-11-25(12-10-24)20-18-14-16(19-6-3-13-27-19)23-26(18)8-7-22-20/h1-8,13-14H,9-12H2. The van der Waals surface area contributed by atoms with Gasteiger partial charge in [-0.25, -0.2) is 9.50 Å². The quantitative estimate of drug-likeness (QED) is 0.514. The number of benzene rings is 1. The van der Waals surface area contributed by atoms with Gasteiger partial charge in [-0.05, 0) is 29.6 Å². The number of hydrogen-bond acceptors (Lipinski definition) is 5. The predicted molar refractivity (Wildman–Crippen MR) is 112 cm³/mol. The van der Waals surface area contributed by atoms with Gasteiger partial charge in [0.25, 0.3) is 0 Å². The Morgan fingerprint density at radius 1 is 0.963 bits per heavy atom. The molecule has 1 aromatic carbocycles. The molecule has 1 fully saturated rings. The van der Waals surface area contributed by atoms with E-state index in [4.69, 9.17) is 16.7 Å². The third-order valence-electron chi connectivity index (χ3n) is 4.92. The summed E-state index contributed by atoms with van der Waals surface area (Å²) in [6.45, 7) is 3.63. The summed E-state index contributed by atoms with van der Waals surface area (Å²) in [4.78, 5) is 10.5. The topological polar surface area (TPSA) is 36.7 Å². The minimum absolute atomic E-state index is 0.808. The number of thiophene rings is 1. The fraction of sp³-hybridized carbons (Fsp3) is 0.200. The molecule has 1 aliphatic heterocycles. The van der Waals surface area contributed by atoms with Crippen molar-refractivity contribution in [2.24, 2.45) is 0 Å². The van der Waals surface area contributed by atoms with E-state index < -0.39 is 0 Å². The number of anilines is 2. The molecule has 0 radical (unpaired) electrons. The van der Waals surface area contributed by atoms with Crippen molar-refractivity contribution >= 4 is 40.0 Å². The van der Waals surface area contributed by atoms with E-state index in [9.17, 15) is 0 Å². The first-order valence-electron chi connectivity index (χ1n) is 8.92. The minimum atomic E-state index is 0.808. The lowest BCUT2D eigenvalue weighted by Gasteiger charge is -2.37. The van der Waals surface area contributed by atoms with E-state index in [-0.39, 0.29) is 0 Å². The highest BCUT2D eigenvalue weighted by Crippen LogP contribution is 2.30. The molecule has 136 valence electrons. The average molecular weight is 396 g/mol. The number of fused-ring (bicyclic) bond motifs is 1. The lowest BCUT2D eigenvalue weighted by molar-refractivity contribution is 0.647. The van der Waals surface area contributed by atoms with Crippen LogP contribution in [0.15, 0.2) is 60.2 Å². The Morgan fingerprint density at radius 3 is 2.56 bits per heavy atom. The molecule has 4 heterocycles. The smallest absolute Gasteiger partial charge is 0.154 e. The Kier molecular flexibility index (Phi) is 4.22. The first-order chi connectivity index (χ1) is 13.3. The van der Waals surface area contributed by atoms with Gasteiger partial charge in [-0.15, -0.1) is 11.3 Å². The fourth-order valence-corrected chi connectivity index (χ4v) is 4.50. The van der Waals surface area contributed by atoms with Gasteiger partial charge in [0.15, 0.2) is 5.82 Å². The van der Waals surface area contributed by atoms with Crippen molar-refractivity contribution in [3.63, 3.8) is 0 Å². The third-order valence-corrected chi connectivity index (χ3v) is 6.13. The van der Waals surface area contributed by atoms with Crippen LogP contribution in [0.4, 0.5) is 11.5 Å². The second kappa shape index (κ2) is 6.87. The molecule has 0 unspecified atom stereocenters. The number of halogens is 1. The summed E-state index contributed by atoms with van der Waals surface area (Å²) in [5.74, 6) is 0.992. The number of para-hydroxylation sites is 1. The first kappa shape index (κ1) is 16.6. The second-order valence-electron chi connectivity index (χ2n) is 6.51. The second-order valence-corrected chi connectivity index (χ2v) is 7.87. The van der Waals surface area contributed by atoms with Crippen LogP contribution in [-0.2, 0) is 0 Å². The molecule has 1 aliphatic rings. The van der Waals surface area contributed by atoms with Gasteiger partial charge < -0.3 is 9.80 Å². The van der Waals surface area contributed by atoms with Crippen molar-refractivity contribution in [1.82, 2.24) is 14.6 Å². The molecule has 0 saturated carbocycles. The highest BCUT2D eigenvalue weighted by Gasteiger charge is 2.22. The molecule has 5 rings (SSSR count). The summed E-state index contributed by atoms with van der Waals surface area (Å²) in [7, 11) is 0. The first-order valence-corrected chi connectivity index (χ1v) is 10.2. The summed E-state index contributed by atoms with van der Waals surface area (Å²) < 4.78 is 1.93. The number of nitrogens with zero attached hydrogens (tertiary/aromatic N) is 5. The van der Waals surface area contributed by atoms with Crippen LogP contribution in [0.1, 0.15) is 0 Å². The highest BCUT2D eigenvalue weighted by molar-refractivity contribution is 7.13. The molecule has 1 saturated heterocycles. The Labute approximate surface area is 166 Å². The van der Waals surface area contributed by atoms with Gasteiger partial charge in [0, 0.05) is 38.6 Å². The van der Waals surface area contributed by atoms with Crippen molar-refractivity contribution in [2.75, 3.05) is 36.0 Å². The molecule has 7 heteroatoms. The van der Waals surface area contributed by atoms with Crippen molar-refractivity contribution in [1.29, 1.82) is 0 Å². The van der Waals surface area contributed by atoms with Crippen LogP contribution >= 0.6 is 22.9 Å². The summed E-state index contributed by atoms with van der Waals surface area (Å²) in [5.41, 5.74) is 3.15. The van der Waals surface area contributed by atoms with Gasteiger partial charge in [0.1, 0.15) is 11.2 Å². The van der Waals surface area contributed by atoms with Crippen LogP contribution in [-0.4, -0.2) is 40.8 Å². The molecule has 0 bridgehead atoms. The molecule has 0 atom stereocenters. The van der Waals surface area contributed by atoms with E-state index in [1.54, 1.807) is 11.3 Å². The maximum atomic E-state index is 6.36. The van der Waals surface area contributed by atoms with Gasteiger partial charge in [0.05, 0.1) is 15.6 Å². The molecule has 0 amide bonds. The van der Waals surface area contributed by atoms with E-state index >= 15 is 0 Å². The summed E-state index contributed by atoms with van der Waals surface area (Å²) >= 11 is 8.07.